The van der Waals surface area contributed by atoms with Gasteiger partial charge in [0.05, 0.1) is 12.2 Å². The van der Waals surface area contributed by atoms with Crippen molar-refractivity contribution in [1.29, 1.82) is 0 Å². The summed E-state index contributed by atoms with van der Waals surface area (Å²) >= 11 is 1.96. The lowest BCUT2D eigenvalue weighted by Crippen LogP contribution is -2.42. The van der Waals surface area contributed by atoms with Crippen molar-refractivity contribution < 1.29 is 0 Å². The molecule has 3 rings (SSSR count). The largest absolute Gasteiger partial charge is 0.370 e. The molecule has 0 atom stereocenters. The molecule has 1 saturated heterocycles. The Morgan fingerprint density at radius 2 is 2.21 bits per heavy atom. The summed E-state index contributed by atoms with van der Waals surface area (Å²) < 4.78 is 0. The minimum atomic E-state index is 0.532. The Bertz CT molecular complexity index is 585. The molecule has 3 N–H and O–H groups in total. The van der Waals surface area contributed by atoms with Crippen molar-refractivity contribution in [3.63, 3.8) is 0 Å². The number of nitrogens with two attached hydrogens (primary N) is 1. The molecule has 0 unspecified atom stereocenters. The second kappa shape index (κ2) is 5.52. The van der Waals surface area contributed by atoms with Gasteiger partial charge in [-0.25, -0.2) is 9.98 Å². The summed E-state index contributed by atoms with van der Waals surface area (Å²) in [7, 11) is 0. The minimum Gasteiger partial charge on any atom is -0.370 e. The zero-order valence-electron chi connectivity index (χ0n) is 10.7. The lowest BCUT2D eigenvalue weighted by atomic mass is 10.3. The summed E-state index contributed by atoms with van der Waals surface area (Å²) in [6, 6.07) is 6.06. The zero-order chi connectivity index (χ0) is 13.1. The highest BCUT2D eigenvalue weighted by molar-refractivity contribution is 7.99. The summed E-state index contributed by atoms with van der Waals surface area (Å²) in [5.41, 5.74) is 7.86. The minimum absolute atomic E-state index is 0.532. The first kappa shape index (κ1) is 12.3. The van der Waals surface area contributed by atoms with Crippen molar-refractivity contribution in [2.75, 3.05) is 24.6 Å². The van der Waals surface area contributed by atoms with Gasteiger partial charge in [-0.2, -0.15) is 11.8 Å². The van der Waals surface area contributed by atoms with Crippen LogP contribution in [-0.2, 0) is 6.54 Å². The Labute approximate surface area is 116 Å². The molecule has 1 aliphatic rings. The normalized spacial score (nSPS) is 17.1. The van der Waals surface area contributed by atoms with Crippen LogP contribution in [0.25, 0.3) is 11.0 Å². The van der Waals surface area contributed by atoms with Gasteiger partial charge in [0.2, 0.25) is 0 Å². The first-order chi connectivity index (χ1) is 9.33. The molecule has 2 aromatic rings. The molecule has 6 heteroatoms. The number of rotatable bonds is 2. The maximum absolute atomic E-state index is 6.02. The van der Waals surface area contributed by atoms with E-state index in [1.165, 1.54) is 0 Å². The lowest BCUT2D eigenvalue weighted by Gasteiger charge is -2.27. The number of H-pyrrole nitrogens is 1. The van der Waals surface area contributed by atoms with Gasteiger partial charge in [-0.3, -0.25) is 0 Å². The molecule has 2 aromatic heterocycles. The van der Waals surface area contributed by atoms with Gasteiger partial charge >= 0.3 is 0 Å². The highest BCUT2D eigenvalue weighted by atomic mass is 32.2. The van der Waals surface area contributed by atoms with Crippen LogP contribution in [0.2, 0.25) is 0 Å². The van der Waals surface area contributed by atoms with Gasteiger partial charge in [0.1, 0.15) is 5.65 Å². The standard InChI is InChI=1S/C13H17N5S/c14-13(18-5-7-19-8-6-18)16-9-11-2-1-10-3-4-15-12(10)17-11/h1-4H,5-9H2,(H2,14,16)(H,15,17). The number of hydrogen-bond donors (Lipinski definition) is 2. The first-order valence-corrected chi connectivity index (χ1v) is 7.54. The molecule has 19 heavy (non-hydrogen) atoms. The number of thioether (sulfide) groups is 1. The molecular formula is C13H17N5S. The average molecular weight is 275 g/mol. The quantitative estimate of drug-likeness (QED) is 0.642. The first-order valence-electron chi connectivity index (χ1n) is 6.38. The van der Waals surface area contributed by atoms with Crippen LogP contribution in [-0.4, -0.2) is 45.4 Å². The van der Waals surface area contributed by atoms with E-state index in [2.05, 4.69) is 25.9 Å². The molecule has 3 heterocycles. The molecule has 5 nitrogen and oxygen atoms in total. The van der Waals surface area contributed by atoms with Gasteiger partial charge in [0, 0.05) is 36.2 Å². The predicted octanol–water partition coefficient (Wildman–Crippen LogP) is 1.43. The van der Waals surface area contributed by atoms with E-state index < -0.39 is 0 Å². The van der Waals surface area contributed by atoms with E-state index in [-0.39, 0.29) is 0 Å². The van der Waals surface area contributed by atoms with Crippen molar-refractivity contribution >= 4 is 28.8 Å². The Hall–Kier alpha value is -1.69. The molecule has 0 aliphatic carbocycles. The van der Waals surface area contributed by atoms with E-state index in [0.29, 0.717) is 12.5 Å². The fourth-order valence-electron chi connectivity index (χ4n) is 2.11. The number of aromatic nitrogens is 2. The van der Waals surface area contributed by atoms with Gasteiger partial charge in [0.15, 0.2) is 5.96 Å². The van der Waals surface area contributed by atoms with Gasteiger partial charge in [-0.15, -0.1) is 0 Å². The SMILES string of the molecule is NC(=NCc1ccc2cc[nH]c2n1)N1CCSCC1. The molecule has 0 bridgehead atoms. The summed E-state index contributed by atoms with van der Waals surface area (Å²) in [6.45, 7) is 2.51. The fraction of sp³-hybridized carbons (Fsp3) is 0.385. The van der Waals surface area contributed by atoms with Crippen LogP contribution in [0.5, 0.6) is 0 Å². The molecule has 0 spiro atoms. The van der Waals surface area contributed by atoms with E-state index in [1.54, 1.807) is 0 Å². The second-order valence-corrected chi connectivity index (χ2v) is 5.72. The van der Waals surface area contributed by atoms with E-state index in [1.807, 2.05) is 30.1 Å². The van der Waals surface area contributed by atoms with Crippen LogP contribution in [0.3, 0.4) is 0 Å². The smallest absolute Gasteiger partial charge is 0.191 e. The monoisotopic (exact) mass is 275 g/mol. The zero-order valence-corrected chi connectivity index (χ0v) is 11.5. The van der Waals surface area contributed by atoms with Crippen LogP contribution < -0.4 is 5.73 Å². The number of nitrogens with one attached hydrogen (secondary N) is 1. The van der Waals surface area contributed by atoms with Gasteiger partial charge < -0.3 is 15.6 Å². The number of aromatic amines is 1. The number of pyridine rings is 1. The highest BCUT2D eigenvalue weighted by Crippen LogP contribution is 2.11. The summed E-state index contributed by atoms with van der Waals surface area (Å²) in [5.74, 6) is 2.89. The van der Waals surface area contributed by atoms with Crippen molar-refractivity contribution in [3.05, 3.63) is 30.1 Å². The number of hydrogen-bond acceptors (Lipinski definition) is 3. The summed E-state index contributed by atoms with van der Waals surface area (Å²) in [4.78, 5) is 14.2. The highest BCUT2D eigenvalue weighted by Gasteiger charge is 2.11. The second-order valence-electron chi connectivity index (χ2n) is 4.49. The number of nitrogens with zero attached hydrogens (tertiary/aromatic N) is 3. The van der Waals surface area contributed by atoms with Gasteiger partial charge in [0.25, 0.3) is 0 Å². The average Bonchev–Trinajstić information content (AvgIpc) is 2.93. The van der Waals surface area contributed by atoms with Crippen LogP contribution >= 0.6 is 11.8 Å². The van der Waals surface area contributed by atoms with E-state index in [4.69, 9.17) is 5.73 Å². The Kier molecular flexibility index (Phi) is 3.59. The summed E-state index contributed by atoms with van der Waals surface area (Å²) in [5, 5.41) is 1.12. The third kappa shape index (κ3) is 2.84. The molecule has 1 fully saturated rings. The van der Waals surface area contributed by atoms with Crippen LogP contribution in [0.4, 0.5) is 0 Å². The molecule has 0 amide bonds. The van der Waals surface area contributed by atoms with Gasteiger partial charge in [-0.1, -0.05) is 0 Å². The predicted molar refractivity (Wildman–Crippen MR) is 80.3 cm³/mol. The molecule has 0 aromatic carbocycles. The number of fused-ring (bicyclic) bond motifs is 1. The molecule has 0 radical (unpaired) electrons. The molecule has 0 saturated carbocycles. The third-order valence-electron chi connectivity index (χ3n) is 3.21. The van der Waals surface area contributed by atoms with Crippen molar-refractivity contribution in [2.45, 2.75) is 6.54 Å². The van der Waals surface area contributed by atoms with Gasteiger partial charge in [-0.05, 0) is 18.2 Å². The van der Waals surface area contributed by atoms with Crippen molar-refractivity contribution in [1.82, 2.24) is 14.9 Å². The maximum atomic E-state index is 6.02. The summed E-state index contributed by atoms with van der Waals surface area (Å²) in [6.07, 6.45) is 1.89. The lowest BCUT2D eigenvalue weighted by molar-refractivity contribution is 0.455. The van der Waals surface area contributed by atoms with Crippen LogP contribution in [0, 0.1) is 0 Å². The van der Waals surface area contributed by atoms with E-state index in [9.17, 15) is 0 Å². The van der Waals surface area contributed by atoms with Crippen LogP contribution in [0.1, 0.15) is 5.69 Å². The molecule has 100 valence electrons. The van der Waals surface area contributed by atoms with E-state index >= 15 is 0 Å². The third-order valence-corrected chi connectivity index (χ3v) is 4.15. The molecular weight excluding hydrogens is 258 g/mol. The topological polar surface area (TPSA) is 70.3 Å². The van der Waals surface area contributed by atoms with Crippen molar-refractivity contribution in [3.8, 4) is 0 Å². The van der Waals surface area contributed by atoms with Crippen molar-refractivity contribution in [2.24, 2.45) is 10.7 Å². The molecule has 1 aliphatic heterocycles. The Balaban J connectivity index is 1.69. The Morgan fingerprint density at radius 1 is 1.37 bits per heavy atom. The van der Waals surface area contributed by atoms with E-state index in [0.717, 1.165) is 41.3 Å². The number of guanidine groups is 1. The number of aliphatic imine (C=N–C) groups is 1. The maximum Gasteiger partial charge on any atom is 0.191 e. The van der Waals surface area contributed by atoms with Crippen LogP contribution in [0.15, 0.2) is 29.4 Å². The Morgan fingerprint density at radius 3 is 3.05 bits per heavy atom. The fourth-order valence-corrected chi connectivity index (χ4v) is 3.02.